The first-order chi connectivity index (χ1) is 19.4. The van der Waals surface area contributed by atoms with Crippen LogP contribution in [0.25, 0.3) is 0 Å². The molecule has 0 saturated carbocycles. The maximum absolute atomic E-state index is 13.0. The fraction of sp³-hybridized carbons (Fsp3) is 0.556. The van der Waals surface area contributed by atoms with Crippen molar-refractivity contribution < 1.29 is 4.74 Å². The molecule has 2 saturated heterocycles. The van der Waals surface area contributed by atoms with Gasteiger partial charge in [-0.3, -0.25) is 14.6 Å². The SMILES string of the molecule is NC(N)=NCCCN1CCC(n2cc3c(nc2=O)Nc2cc(C4CCN(CCN=C(N)N)CC4)ccc2O3)CC1. The average Bonchev–Trinajstić information content (AvgIpc) is 2.94. The van der Waals surface area contributed by atoms with Gasteiger partial charge in [-0.05, 0) is 75.4 Å². The molecule has 13 nitrogen and oxygen atoms in total. The summed E-state index contributed by atoms with van der Waals surface area (Å²) in [6, 6.07) is 6.39. The zero-order chi connectivity index (χ0) is 28.1. The van der Waals surface area contributed by atoms with Crippen LogP contribution in [0.4, 0.5) is 11.5 Å². The number of nitrogens with zero attached hydrogens (tertiary/aromatic N) is 6. The highest BCUT2D eigenvalue weighted by Gasteiger charge is 2.27. The van der Waals surface area contributed by atoms with E-state index in [0.717, 1.165) is 82.8 Å². The molecule has 0 radical (unpaired) electrons. The van der Waals surface area contributed by atoms with Crippen molar-refractivity contribution in [3.8, 4) is 11.5 Å². The highest BCUT2D eigenvalue weighted by molar-refractivity contribution is 5.76. The summed E-state index contributed by atoms with van der Waals surface area (Å²) in [6.07, 6.45) is 6.60. The fourth-order valence-electron chi connectivity index (χ4n) is 5.85. The van der Waals surface area contributed by atoms with Crippen LogP contribution in [0.5, 0.6) is 11.5 Å². The molecule has 0 bridgehead atoms. The van der Waals surface area contributed by atoms with Crippen LogP contribution in [0.15, 0.2) is 39.2 Å². The van der Waals surface area contributed by atoms with Gasteiger partial charge in [-0.15, -0.1) is 0 Å². The van der Waals surface area contributed by atoms with Crippen LogP contribution < -0.4 is 38.7 Å². The van der Waals surface area contributed by atoms with Crippen LogP contribution >= 0.6 is 0 Å². The molecule has 0 aliphatic carbocycles. The van der Waals surface area contributed by atoms with E-state index in [2.05, 4.69) is 42.2 Å². The Morgan fingerprint density at radius 3 is 2.33 bits per heavy atom. The maximum atomic E-state index is 13.0. The van der Waals surface area contributed by atoms with E-state index in [1.807, 2.05) is 12.3 Å². The molecule has 5 rings (SSSR count). The number of piperidine rings is 2. The Morgan fingerprint density at radius 1 is 0.925 bits per heavy atom. The van der Waals surface area contributed by atoms with Gasteiger partial charge in [0.25, 0.3) is 0 Å². The number of nitrogens with two attached hydrogens (primary N) is 4. The molecule has 4 heterocycles. The zero-order valence-corrected chi connectivity index (χ0v) is 23.0. The highest BCUT2D eigenvalue weighted by atomic mass is 16.5. The van der Waals surface area contributed by atoms with Crippen molar-refractivity contribution in [3.63, 3.8) is 0 Å². The lowest BCUT2D eigenvalue weighted by molar-refractivity contribution is 0.182. The summed E-state index contributed by atoms with van der Waals surface area (Å²) < 4.78 is 7.96. The molecule has 40 heavy (non-hydrogen) atoms. The van der Waals surface area contributed by atoms with Crippen LogP contribution in [0.1, 0.15) is 49.6 Å². The summed E-state index contributed by atoms with van der Waals surface area (Å²) in [7, 11) is 0. The van der Waals surface area contributed by atoms with Crippen molar-refractivity contribution in [2.45, 2.75) is 44.1 Å². The third-order valence-electron chi connectivity index (χ3n) is 8.04. The fourth-order valence-corrected chi connectivity index (χ4v) is 5.85. The lowest BCUT2D eigenvalue weighted by Gasteiger charge is -2.33. The Balaban J connectivity index is 1.17. The van der Waals surface area contributed by atoms with Crippen LogP contribution in [-0.4, -0.2) is 83.6 Å². The largest absolute Gasteiger partial charge is 0.450 e. The lowest BCUT2D eigenvalue weighted by atomic mass is 9.89. The number of benzene rings is 1. The molecule has 0 amide bonds. The molecule has 0 spiro atoms. The highest BCUT2D eigenvalue weighted by Crippen LogP contribution is 2.42. The second-order valence-electron chi connectivity index (χ2n) is 10.8. The molecule has 0 unspecified atom stereocenters. The number of likely N-dealkylation sites (tertiary alicyclic amines) is 2. The molecular formula is C27H41N11O2. The summed E-state index contributed by atoms with van der Waals surface area (Å²) in [5.74, 6) is 2.53. The molecular weight excluding hydrogens is 510 g/mol. The second-order valence-corrected chi connectivity index (χ2v) is 10.8. The molecule has 216 valence electrons. The Labute approximate surface area is 234 Å². The molecule has 13 heteroatoms. The van der Waals surface area contributed by atoms with E-state index < -0.39 is 0 Å². The normalized spacial score (nSPS) is 18.2. The summed E-state index contributed by atoms with van der Waals surface area (Å²) in [4.78, 5) is 30.3. The standard InChI is InChI=1S/C27H41N11O2/c28-25(29)32-8-1-10-36-13-6-20(7-14-36)38-17-23-24(35-27(38)39)34-21-16-19(2-3-22(21)40-23)18-4-11-37(12-5-18)15-9-33-26(30)31/h2-3,16-18,20H,1,4-15H2,(H4,28,29,32)(H4,30,31,33)(H,34,35,39). The Morgan fingerprint density at radius 2 is 1.60 bits per heavy atom. The van der Waals surface area contributed by atoms with Crippen molar-refractivity contribution in [2.24, 2.45) is 32.9 Å². The third-order valence-corrected chi connectivity index (χ3v) is 8.04. The van der Waals surface area contributed by atoms with Gasteiger partial charge >= 0.3 is 5.69 Å². The molecule has 3 aliphatic rings. The van der Waals surface area contributed by atoms with E-state index in [-0.39, 0.29) is 23.7 Å². The van der Waals surface area contributed by atoms with Crippen molar-refractivity contribution in [1.82, 2.24) is 19.4 Å². The minimum atomic E-state index is -0.256. The molecule has 1 aromatic heterocycles. The molecule has 2 aromatic rings. The van der Waals surface area contributed by atoms with E-state index in [9.17, 15) is 4.79 Å². The number of fused-ring (bicyclic) bond motifs is 2. The number of hydrogen-bond donors (Lipinski definition) is 5. The average molecular weight is 552 g/mol. The molecule has 0 atom stereocenters. The zero-order valence-electron chi connectivity index (χ0n) is 23.0. The third kappa shape index (κ3) is 6.83. The smallest absolute Gasteiger partial charge is 0.350 e. The summed E-state index contributed by atoms with van der Waals surface area (Å²) in [5, 5.41) is 3.35. The number of rotatable bonds is 9. The summed E-state index contributed by atoms with van der Waals surface area (Å²) in [5.41, 5.74) is 23.5. The predicted octanol–water partition coefficient (Wildman–Crippen LogP) is 0.846. The molecule has 2 fully saturated rings. The van der Waals surface area contributed by atoms with Gasteiger partial charge in [-0.1, -0.05) is 6.07 Å². The van der Waals surface area contributed by atoms with Gasteiger partial charge in [0.2, 0.25) is 0 Å². The Bertz CT molecular complexity index is 1280. The van der Waals surface area contributed by atoms with Crippen LogP contribution in [0.3, 0.4) is 0 Å². The monoisotopic (exact) mass is 551 g/mol. The number of aliphatic imine (C=N–C) groups is 2. The van der Waals surface area contributed by atoms with Crippen LogP contribution in [-0.2, 0) is 0 Å². The number of hydrogen-bond acceptors (Lipinski definition) is 8. The topological polar surface area (TPSA) is 191 Å². The van der Waals surface area contributed by atoms with Crippen molar-refractivity contribution in [2.75, 3.05) is 57.7 Å². The lowest BCUT2D eigenvalue weighted by Crippen LogP contribution is -2.38. The molecule has 9 N–H and O–H groups in total. The van der Waals surface area contributed by atoms with Crippen LogP contribution in [0.2, 0.25) is 0 Å². The minimum Gasteiger partial charge on any atom is -0.450 e. The van der Waals surface area contributed by atoms with E-state index >= 15 is 0 Å². The predicted molar refractivity (Wildman–Crippen MR) is 157 cm³/mol. The first kappa shape index (κ1) is 27.7. The van der Waals surface area contributed by atoms with Gasteiger partial charge in [0.05, 0.1) is 18.4 Å². The number of ether oxygens (including phenoxy) is 1. The van der Waals surface area contributed by atoms with Gasteiger partial charge in [0.1, 0.15) is 0 Å². The number of anilines is 2. The number of guanidine groups is 2. The first-order valence-electron chi connectivity index (χ1n) is 14.1. The van der Waals surface area contributed by atoms with Gasteiger partial charge in [0.15, 0.2) is 29.2 Å². The minimum absolute atomic E-state index is 0.0944. The Kier molecular flexibility index (Phi) is 8.70. The maximum Gasteiger partial charge on any atom is 0.350 e. The summed E-state index contributed by atoms with van der Waals surface area (Å²) in [6.45, 7) is 6.90. The van der Waals surface area contributed by atoms with Gasteiger partial charge in [0, 0.05) is 32.2 Å². The first-order valence-corrected chi connectivity index (χ1v) is 14.1. The van der Waals surface area contributed by atoms with E-state index in [0.29, 0.717) is 30.6 Å². The van der Waals surface area contributed by atoms with E-state index in [1.165, 1.54) is 5.56 Å². The second kappa shape index (κ2) is 12.6. The number of nitrogens with one attached hydrogen (secondary N) is 1. The van der Waals surface area contributed by atoms with Crippen molar-refractivity contribution >= 4 is 23.4 Å². The van der Waals surface area contributed by atoms with Crippen molar-refractivity contribution in [1.29, 1.82) is 0 Å². The Hall–Kier alpha value is -3.84. The molecule has 1 aromatic carbocycles. The van der Waals surface area contributed by atoms with E-state index in [1.54, 1.807) is 4.57 Å². The molecule has 3 aliphatic heterocycles. The van der Waals surface area contributed by atoms with Crippen LogP contribution in [0, 0.1) is 0 Å². The summed E-state index contributed by atoms with van der Waals surface area (Å²) >= 11 is 0. The van der Waals surface area contributed by atoms with Gasteiger partial charge in [-0.2, -0.15) is 4.98 Å². The van der Waals surface area contributed by atoms with E-state index in [4.69, 9.17) is 27.7 Å². The number of aromatic nitrogens is 2. The van der Waals surface area contributed by atoms with Gasteiger partial charge in [-0.25, -0.2) is 4.79 Å². The quantitative estimate of drug-likeness (QED) is 0.145. The van der Waals surface area contributed by atoms with Crippen molar-refractivity contribution in [3.05, 3.63) is 40.4 Å². The van der Waals surface area contributed by atoms with Gasteiger partial charge < -0.3 is 42.8 Å².